The van der Waals surface area contributed by atoms with Gasteiger partial charge in [0, 0.05) is 18.0 Å². The second kappa shape index (κ2) is 4.97. The minimum absolute atomic E-state index is 0.0510. The lowest BCUT2D eigenvalue weighted by Gasteiger charge is -2.02. The molecule has 0 atom stereocenters. The molecule has 0 aliphatic carbocycles. The van der Waals surface area contributed by atoms with Crippen molar-refractivity contribution in [1.82, 2.24) is 10.1 Å². The molecule has 0 bridgehead atoms. The summed E-state index contributed by atoms with van der Waals surface area (Å²) in [4.78, 5) is 15.6. The summed E-state index contributed by atoms with van der Waals surface area (Å²) in [5, 5.41) is 3.97. The molecule has 2 N–H and O–H groups in total. The van der Waals surface area contributed by atoms with Crippen molar-refractivity contribution >= 4 is 5.91 Å². The quantitative estimate of drug-likeness (QED) is 0.788. The van der Waals surface area contributed by atoms with Gasteiger partial charge in [0.2, 0.25) is 5.76 Å². The van der Waals surface area contributed by atoms with E-state index in [1.807, 2.05) is 36.4 Å². The zero-order chi connectivity index (χ0) is 13.9. The maximum Gasteiger partial charge on any atom is 0.288 e. The Labute approximate surface area is 115 Å². The number of benzene rings is 1. The van der Waals surface area contributed by atoms with E-state index >= 15 is 0 Å². The number of nitrogens with zero attached hydrogens (tertiary/aromatic N) is 2. The molecule has 20 heavy (non-hydrogen) atoms. The zero-order valence-electron chi connectivity index (χ0n) is 10.5. The zero-order valence-corrected chi connectivity index (χ0v) is 10.5. The van der Waals surface area contributed by atoms with E-state index in [2.05, 4.69) is 10.1 Å². The van der Waals surface area contributed by atoms with E-state index in [-0.39, 0.29) is 5.76 Å². The lowest BCUT2D eigenvalue weighted by atomic mass is 10.00. The number of aromatic nitrogens is 2. The van der Waals surface area contributed by atoms with Gasteiger partial charge in [-0.1, -0.05) is 35.5 Å². The molecule has 2 heterocycles. The van der Waals surface area contributed by atoms with Crippen LogP contribution in [0.2, 0.25) is 0 Å². The first kappa shape index (κ1) is 12.1. The maximum atomic E-state index is 11.5. The van der Waals surface area contributed by atoms with E-state index in [0.717, 1.165) is 11.1 Å². The summed E-state index contributed by atoms with van der Waals surface area (Å²) in [5.41, 5.74) is 8.08. The fourth-order valence-electron chi connectivity index (χ4n) is 2.03. The van der Waals surface area contributed by atoms with Crippen molar-refractivity contribution in [3.63, 3.8) is 0 Å². The van der Waals surface area contributed by atoms with Crippen molar-refractivity contribution in [3.05, 3.63) is 60.6 Å². The van der Waals surface area contributed by atoms with Crippen LogP contribution in [0.4, 0.5) is 0 Å². The molecule has 0 unspecified atom stereocenters. The third-order valence-corrected chi connectivity index (χ3v) is 2.91. The standard InChI is InChI=1S/C15H11N3O2/c16-15(19)14-12(10-5-2-1-3-6-10)13(18-20-14)11-7-4-8-17-9-11/h1-9H,(H2,16,19). The molecule has 0 saturated carbocycles. The third-order valence-electron chi connectivity index (χ3n) is 2.91. The fourth-order valence-corrected chi connectivity index (χ4v) is 2.03. The van der Waals surface area contributed by atoms with E-state index in [1.54, 1.807) is 18.5 Å². The summed E-state index contributed by atoms with van der Waals surface area (Å²) in [6, 6.07) is 13.0. The molecular formula is C15H11N3O2. The van der Waals surface area contributed by atoms with Gasteiger partial charge in [-0.15, -0.1) is 0 Å². The van der Waals surface area contributed by atoms with Crippen LogP contribution in [0.1, 0.15) is 10.6 Å². The number of rotatable bonds is 3. The summed E-state index contributed by atoms with van der Waals surface area (Å²) in [5.74, 6) is -0.596. The summed E-state index contributed by atoms with van der Waals surface area (Å²) in [6.45, 7) is 0. The second-order valence-corrected chi connectivity index (χ2v) is 4.21. The molecule has 3 aromatic rings. The topological polar surface area (TPSA) is 82.0 Å². The van der Waals surface area contributed by atoms with Crippen molar-refractivity contribution in [2.45, 2.75) is 0 Å². The highest BCUT2D eigenvalue weighted by Gasteiger charge is 2.22. The highest BCUT2D eigenvalue weighted by Crippen LogP contribution is 2.33. The van der Waals surface area contributed by atoms with Gasteiger partial charge in [-0.05, 0) is 17.7 Å². The van der Waals surface area contributed by atoms with Crippen LogP contribution in [0, 0.1) is 0 Å². The molecule has 0 aliphatic rings. The fraction of sp³-hybridized carbons (Fsp3) is 0. The Bertz CT molecular complexity index is 736. The Morgan fingerprint density at radius 1 is 1.05 bits per heavy atom. The van der Waals surface area contributed by atoms with Gasteiger partial charge < -0.3 is 10.3 Å². The van der Waals surface area contributed by atoms with Gasteiger partial charge in [0.05, 0.1) is 5.56 Å². The van der Waals surface area contributed by atoms with Crippen molar-refractivity contribution < 1.29 is 9.32 Å². The Morgan fingerprint density at radius 3 is 2.45 bits per heavy atom. The van der Waals surface area contributed by atoms with Gasteiger partial charge >= 0.3 is 0 Å². The number of hydrogen-bond donors (Lipinski definition) is 1. The molecule has 1 amide bonds. The number of carbonyl (C=O) groups excluding carboxylic acids is 1. The van der Waals surface area contributed by atoms with Gasteiger partial charge in [0.15, 0.2) is 0 Å². The second-order valence-electron chi connectivity index (χ2n) is 4.21. The van der Waals surface area contributed by atoms with Crippen LogP contribution in [0.25, 0.3) is 22.4 Å². The summed E-state index contributed by atoms with van der Waals surface area (Å²) < 4.78 is 5.11. The SMILES string of the molecule is NC(=O)c1onc(-c2cccnc2)c1-c1ccccc1. The third kappa shape index (κ3) is 2.05. The molecule has 0 fully saturated rings. The minimum atomic E-state index is -0.647. The molecule has 5 nitrogen and oxygen atoms in total. The molecular weight excluding hydrogens is 254 g/mol. The highest BCUT2D eigenvalue weighted by atomic mass is 16.5. The molecule has 0 saturated heterocycles. The van der Waals surface area contributed by atoms with E-state index in [9.17, 15) is 4.79 Å². The summed E-state index contributed by atoms with van der Waals surface area (Å²) in [6.07, 6.45) is 3.33. The molecule has 5 heteroatoms. The van der Waals surface area contributed by atoms with Crippen LogP contribution in [0.3, 0.4) is 0 Å². The molecule has 0 aliphatic heterocycles. The Balaban J connectivity index is 2.25. The lowest BCUT2D eigenvalue weighted by Crippen LogP contribution is -2.11. The first-order valence-corrected chi connectivity index (χ1v) is 6.02. The number of pyridine rings is 1. The molecule has 98 valence electrons. The van der Waals surface area contributed by atoms with E-state index in [4.69, 9.17) is 10.3 Å². The monoisotopic (exact) mass is 265 g/mol. The Kier molecular flexibility index (Phi) is 3.01. The number of carbonyl (C=O) groups is 1. The smallest absolute Gasteiger partial charge is 0.288 e. The summed E-state index contributed by atoms with van der Waals surface area (Å²) >= 11 is 0. The van der Waals surface area contributed by atoms with Crippen LogP contribution >= 0.6 is 0 Å². The molecule has 3 rings (SSSR count). The van der Waals surface area contributed by atoms with E-state index in [1.165, 1.54) is 0 Å². The van der Waals surface area contributed by atoms with Crippen molar-refractivity contribution in [1.29, 1.82) is 0 Å². The van der Waals surface area contributed by atoms with Gasteiger partial charge in [-0.3, -0.25) is 9.78 Å². The largest absolute Gasteiger partial charge is 0.363 e. The number of nitrogens with two attached hydrogens (primary N) is 1. The maximum absolute atomic E-state index is 11.5. The lowest BCUT2D eigenvalue weighted by molar-refractivity contribution is 0.0966. The number of primary amides is 1. The summed E-state index contributed by atoms with van der Waals surface area (Å²) in [7, 11) is 0. The first-order valence-electron chi connectivity index (χ1n) is 6.02. The Hall–Kier alpha value is -2.95. The van der Waals surface area contributed by atoms with Crippen LogP contribution in [-0.2, 0) is 0 Å². The van der Waals surface area contributed by atoms with Crippen LogP contribution in [0.15, 0.2) is 59.4 Å². The van der Waals surface area contributed by atoms with Gasteiger partial charge in [0.25, 0.3) is 5.91 Å². The van der Waals surface area contributed by atoms with E-state index in [0.29, 0.717) is 11.3 Å². The van der Waals surface area contributed by atoms with Crippen molar-refractivity contribution in [2.24, 2.45) is 5.73 Å². The van der Waals surface area contributed by atoms with Crippen LogP contribution in [0.5, 0.6) is 0 Å². The van der Waals surface area contributed by atoms with Gasteiger partial charge in [0.1, 0.15) is 5.69 Å². The van der Waals surface area contributed by atoms with Crippen molar-refractivity contribution in [2.75, 3.05) is 0 Å². The normalized spacial score (nSPS) is 10.4. The predicted octanol–water partition coefficient (Wildman–Crippen LogP) is 2.50. The Morgan fingerprint density at radius 2 is 1.80 bits per heavy atom. The molecule has 0 spiro atoms. The predicted molar refractivity (Wildman–Crippen MR) is 73.7 cm³/mol. The number of hydrogen-bond acceptors (Lipinski definition) is 4. The average molecular weight is 265 g/mol. The molecule has 2 aromatic heterocycles. The van der Waals surface area contributed by atoms with Crippen LogP contribution in [-0.4, -0.2) is 16.0 Å². The van der Waals surface area contributed by atoms with Crippen LogP contribution < -0.4 is 5.73 Å². The van der Waals surface area contributed by atoms with Gasteiger partial charge in [-0.2, -0.15) is 0 Å². The highest BCUT2D eigenvalue weighted by molar-refractivity contribution is 6.00. The van der Waals surface area contributed by atoms with E-state index < -0.39 is 5.91 Å². The molecule has 1 aromatic carbocycles. The minimum Gasteiger partial charge on any atom is -0.363 e. The molecule has 0 radical (unpaired) electrons. The number of amides is 1. The average Bonchev–Trinajstić information content (AvgIpc) is 2.94. The van der Waals surface area contributed by atoms with Gasteiger partial charge in [-0.25, -0.2) is 0 Å². The first-order chi connectivity index (χ1) is 9.77. The van der Waals surface area contributed by atoms with Crippen molar-refractivity contribution in [3.8, 4) is 22.4 Å².